The molecule has 0 fully saturated rings. The molecule has 62 valence electrons. The van der Waals surface area contributed by atoms with Crippen LogP contribution in [0.25, 0.3) is 5.00 Å². The van der Waals surface area contributed by atoms with E-state index >= 15 is 0 Å². The highest BCUT2D eigenvalue weighted by molar-refractivity contribution is 7.16. The van der Waals surface area contributed by atoms with E-state index in [-0.39, 0.29) is 0 Å². The molecule has 0 atom stereocenters. The lowest BCUT2D eigenvalue weighted by molar-refractivity contribution is 0.427. The molecule has 0 bridgehead atoms. The molecule has 0 aliphatic rings. The van der Waals surface area contributed by atoms with Gasteiger partial charge >= 0.3 is 0 Å². The Morgan fingerprint density at radius 1 is 1.50 bits per heavy atom. The number of thiophene rings is 1. The standard InChI is InChI=1S/C8H8N2OS/c1-11-8-4-3-7(12-8)10-6-2-5-9-10/h2-6H,1H3. The second-order valence-corrected chi connectivity index (χ2v) is 3.27. The van der Waals surface area contributed by atoms with Crippen molar-refractivity contribution in [3.05, 3.63) is 30.6 Å². The zero-order valence-electron chi connectivity index (χ0n) is 6.60. The van der Waals surface area contributed by atoms with Crippen molar-refractivity contribution < 1.29 is 4.74 Å². The SMILES string of the molecule is COc1ccc(-n2cccn2)s1. The van der Waals surface area contributed by atoms with Gasteiger partial charge in [-0.25, -0.2) is 4.68 Å². The molecule has 2 aromatic rings. The molecule has 0 spiro atoms. The highest BCUT2D eigenvalue weighted by Gasteiger charge is 2.00. The Hall–Kier alpha value is -1.29. The molecule has 2 aromatic heterocycles. The van der Waals surface area contributed by atoms with Crippen LogP contribution >= 0.6 is 11.3 Å². The summed E-state index contributed by atoms with van der Waals surface area (Å²) in [6.07, 6.45) is 3.66. The van der Waals surface area contributed by atoms with Crippen LogP contribution in [-0.4, -0.2) is 16.9 Å². The summed E-state index contributed by atoms with van der Waals surface area (Å²) in [5.74, 6) is 0. The summed E-state index contributed by atoms with van der Waals surface area (Å²) in [5, 5.41) is 6.08. The maximum Gasteiger partial charge on any atom is 0.175 e. The Morgan fingerprint density at radius 3 is 3.00 bits per heavy atom. The highest BCUT2D eigenvalue weighted by Crippen LogP contribution is 2.26. The molecule has 12 heavy (non-hydrogen) atoms. The van der Waals surface area contributed by atoms with Gasteiger partial charge in [-0.3, -0.25) is 0 Å². The summed E-state index contributed by atoms with van der Waals surface area (Å²) in [6.45, 7) is 0. The normalized spacial score (nSPS) is 10.1. The van der Waals surface area contributed by atoms with Crippen molar-refractivity contribution in [3.8, 4) is 10.1 Å². The second-order valence-electron chi connectivity index (χ2n) is 2.25. The number of methoxy groups -OCH3 is 1. The number of ether oxygens (including phenoxy) is 1. The zero-order chi connectivity index (χ0) is 8.39. The van der Waals surface area contributed by atoms with Crippen LogP contribution in [-0.2, 0) is 0 Å². The first-order chi connectivity index (χ1) is 5.90. The van der Waals surface area contributed by atoms with Gasteiger partial charge in [0.25, 0.3) is 0 Å². The van der Waals surface area contributed by atoms with Gasteiger partial charge in [-0.15, -0.1) is 0 Å². The van der Waals surface area contributed by atoms with Crippen LogP contribution < -0.4 is 4.74 Å². The molecule has 0 radical (unpaired) electrons. The van der Waals surface area contributed by atoms with E-state index in [1.54, 1.807) is 24.6 Å². The first-order valence-electron chi connectivity index (χ1n) is 3.54. The summed E-state index contributed by atoms with van der Waals surface area (Å²) in [4.78, 5) is 0. The van der Waals surface area contributed by atoms with Crippen LogP contribution in [0.15, 0.2) is 30.6 Å². The van der Waals surface area contributed by atoms with Gasteiger partial charge < -0.3 is 4.74 Å². The smallest absolute Gasteiger partial charge is 0.175 e. The fourth-order valence-electron chi connectivity index (χ4n) is 0.942. The molecular weight excluding hydrogens is 172 g/mol. The van der Waals surface area contributed by atoms with Crippen LogP contribution in [0.5, 0.6) is 5.06 Å². The van der Waals surface area contributed by atoms with Crippen LogP contribution in [0.2, 0.25) is 0 Å². The number of rotatable bonds is 2. The van der Waals surface area contributed by atoms with E-state index in [1.165, 1.54) is 0 Å². The molecule has 0 saturated heterocycles. The van der Waals surface area contributed by atoms with Gasteiger partial charge in [0.1, 0.15) is 5.00 Å². The summed E-state index contributed by atoms with van der Waals surface area (Å²) in [5.41, 5.74) is 0. The minimum atomic E-state index is 0.903. The molecule has 2 rings (SSSR count). The van der Waals surface area contributed by atoms with Gasteiger partial charge in [0, 0.05) is 12.4 Å². The molecule has 2 heterocycles. The Morgan fingerprint density at radius 2 is 2.42 bits per heavy atom. The van der Waals surface area contributed by atoms with Crippen molar-refractivity contribution in [1.29, 1.82) is 0 Å². The van der Waals surface area contributed by atoms with Crippen molar-refractivity contribution in [2.75, 3.05) is 7.11 Å². The van der Waals surface area contributed by atoms with E-state index in [4.69, 9.17) is 4.74 Å². The Labute approximate surface area is 74.2 Å². The minimum Gasteiger partial charge on any atom is -0.487 e. The molecule has 3 nitrogen and oxygen atoms in total. The van der Waals surface area contributed by atoms with Gasteiger partial charge in [0.15, 0.2) is 5.06 Å². The second kappa shape index (κ2) is 2.98. The predicted molar refractivity (Wildman–Crippen MR) is 48.0 cm³/mol. The molecule has 0 saturated carbocycles. The minimum absolute atomic E-state index is 0.903. The average Bonchev–Trinajstić information content (AvgIpc) is 2.75. The monoisotopic (exact) mass is 180 g/mol. The fourth-order valence-corrected chi connectivity index (χ4v) is 1.71. The van der Waals surface area contributed by atoms with Crippen LogP contribution in [0.1, 0.15) is 0 Å². The summed E-state index contributed by atoms with van der Waals surface area (Å²) in [6, 6.07) is 5.81. The van der Waals surface area contributed by atoms with Crippen LogP contribution in [0.4, 0.5) is 0 Å². The van der Waals surface area contributed by atoms with E-state index in [1.807, 2.05) is 29.1 Å². The van der Waals surface area contributed by atoms with Crippen molar-refractivity contribution in [2.24, 2.45) is 0 Å². The Kier molecular flexibility index (Phi) is 1.83. The van der Waals surface area contributed by atoms with E-state index in [9.17, 15) is 0 Å². The van der Waals surface area contributed by atoms with E-state index < -0.39 is 0 Å². The van der Waals surface area contributed by atoms with Gasteiger partial charge in [0.2, 0.25) is 0 Å². The largest absolute Gasteiger partial charge is 0.487 e. The van der Waals surface area contributed by atoms with E-state index in [2.05, 4.69) is 5.10 Å². The van der Waals surface area contributed by atoms with Crippen LogP contribution in [0, 0.1) is 0 Å². The third kappa shape index (κ3) is 1.21. The summed E-state index contributed by atoms with van der Waals surface area (Å²) in [7, 11) is 1.67. The van der Waals surface area contributed by atoms with Crippen molar-refractivity contribution in [3.63, 3.8) is 0 Å². The quantitative estimate of drug-likeness (QED) is 0.706. The number of aromatic nitrogens is 2. The van der Waals surface area contributed by atoms with Crippen LogP contribution in [0.3, 0.4) is 0 Å². The topological polar surface area (TPSA) is 27.1 Å². The maximum atomic E-state index is 5.07. The zero-order valence-corrected chi connectivity index (χ0v) is 7.41. The van der Waals surface area contributed by atoms with E-state index in [0.717, 1.165) is 10.1 Å². The fraction of sp³-hybridized carbons (Fsp3) is 0.125. The number of hydrogen-bond donors (Lipinski definition) is 0. The van der Waals surface area contributed by atoms with E-state index in [0.29, 0.717) is 0 Å². The van der Waals surface area contributed by atoms with Crippen molar-refractivity contribution in [1.82, 2.24) is 9.78 Å². The molecule has 0 N–H and O–H groups in total. The Bertz CT molecular complexity index is 353. The summed E-state index contributed by atoms with van der Waals surface area (Å²) < 4.78 is 6.88. The molecule has 0 aromatic carbocycles. The molecule has 4 heteroatoms. The maximum absolute atomic E-state index is 5.07. The first-order valence-corrected chi connectivity index (χ1v) is 4.35. The lowest BCUT2D eigenvalue weighted by atomic mass is 10.6. The molecule has 0 aliphatic heterocycles. The Balaban J connectivity index is 2.35. The van der Waals surface area contributed by atoms with Crippen molar-refractivity contribution >= 4 is 11.3 Å². The predicted octanol–water partition coefficient (Wildman–Crippen LogP) is 1.94. The molecule has 0 aliphatic carbocycles. The lowest BCUT2D eigenvalue weighted by Gasteiger charge is -1.93. The average molecular weight is 180 g/mol. The molecule has 0 unspecified atom stereocenters. The van der Waals surface area contributed by atoms with Gasteiger partial charge in [-0.1, -0.05) is 11.3 Å². The number of nitrogens with zero attached hydrogens (tertiary/aromatic N) is 2. The van der Waals surface area contributed by atoms with Gasteiger partial charge in [-0.2, -0.15) is 5.10 Å². The lowest BCUT2D eigenvalue weighted by Crippen LogP contribution is -1.88. The van der Waals surface area contributed by atoms with Gasteiger partial charge in [-0.05, 0) is 18.2 Å². The van der Waals surface area contributed by atoms with Gasteiger partial charge in [0.05, 0.1) is 7.11 Å². The molecular formula is C8H8N2OS. The third-order valence-corrected chi connectivity index (χ3v) is 2.53. The van der Waals surface area contributed by atoms with Crippen molar-refractivity contribution in [2.45, 2.75) is 0 Å². The highest BCUT2D eigenvalue weighted by atomic mass is 32.1. The summed E-state index contributed by atoms with van der Waals surface area (Å²) >= 11 is 1.57. The molecule has 0 amide bonds. The number of hydrogen-bond acceptors (Lipinski definition) is 3. The third-order valence-electron chi connectivity index (χ3n) is 1.50. The first kappa shape index (κ1) is 7.36.